The van der Waals surface area contributed by atoms with Gasteiger partial charge in [0.25, 0.3) is 0 Å². The van der Waals surface area contributed by atoms with Crippen LogP contribution in [0.3, 0.4) is 0 Å². The topological polar surface area (TPSA) is 111 Å². The average Bonchev–Trinajstić information content (AvgIpc) is 2.62. The molecule has 2 aliphatic rings. The molecule has 6 nitrogen and oxygen atoms in total. The van der Waals surface area contributed by atoms with Gasteiger partial charge in [0.2, 0.25) is 0 Å². The molecule has 1 aromatic heterocycles. The van der Waals surface area contributed by atoms with E-state index in [1.54, 1.807) is 24.5 Å². The minimum atomic E-state index is -1.64. The number of likely N-dealkylation sites (N-methyl/N-ethyl adjacent to an activating group) is 1. The van der Waals surface area contributed by atoms with Crippen molar-refractivity contribution >= 4 is 5.71 Å². The molecule has 1 saturated carbocycles. The lowest BCUT2D eigenvalue weighted by Gasteiger charge is -2.47. The van der Waals surface area contributed by atoms with Gasteiger partial charge >= 0.3 is 0 Å². The Bertz CT molecular complexity index is 806. The number of nitrogens with one attached hydrogen (secondary N) is 1. The molecule has 0 radical (unpaired) electrons. The van der Waals surface area contributed by atoms with Gasteiger partial charge in [0.15, 0.2) is 5.41 Å². The van der Waals surface area contributed by atoms with Gasteiger partial charge in [0.05, 0.1) is 23.9 Å². The molecule has 1 aliphatic heterocycles. The Kier molecular flexibility index (Phi) is 3.89. The molecule has 2 heterocycles. The number of nitrogens with zero attached hydrogens (tertiary/aromatic N) is 5. The van der Waals surface area contributed by atoms with Gasteiger partial charge < -0.3 is 10.3 Å². The molecule has 0 aromatic carbocycles. The SMILES string of the molecule is CN1CC=C2C(C#N)C(=N)C(C#N)(C#N)[C@@H](c3ccncc3)[C@@H]2C1. The second-order valence-corrected chi connectivity index (χ2v) is 6.30. The zero-order valence-electron chi connectivity index (χ0n) is 13.3. The van der Waals surface area contributed by atoms with E-state index in [0.717, 1.165) is 11.1 Å². The maximum atomic E-state index is 9.84. The number of nitriles is 3. The first-order valence-electron chi connectivity index (χ1n) is 7.68. The largest absolute Gasteiger partial charge is 0.305 e. The van der Waals surface area contributed by atoms with Crippen LogP contribution in [0, 0.1) is 56.7 Å². The third-order valence-electron chi connectivity index (χ3n) is 5.04. The normalized spacial score (nSPS) is 28.7. The highest BCUT2D eigenvalue weighted by Crippen LogP contribution is 2.53. The summed E-state index contributed by atoms with van der Waals surface area (Å²) in [5, 5.41) is 37.7. The fourth-order valence-corrected chi connectivity index (χ4v) is 3.90. The third kappa shape index (κ3) is 2.11. The van der Waals surface area contributed by atoms with E-state index in [2.05, 4.69) is 28.1 Å². The summed E-state index contributed by atoms with van der Waals surface area (Å²) in [6.07, 6.45) is 5.24. The lowest BCUT2D eigenvalue weighted by atomic mass is 9.54. The Labute approximate surface area is 140 Å². The zero-order valence-corrected chi connectivity index (χ0v) is 13.3. The molecule has 118 valence electrons. The maximum Gasteiger partial charge on any atom is 0.189 e. The molecule has 0 bridgehead atoms. The Morgan fingerprint density at radius 1 is 1.25 bits per heavy atom. The fraction of sp³-hybridized carbons (Fsp3) is 0.389. The van der Waals surface area contributed by atoms with E-state index in [-0.39, 0.29) is 11.6 Å². The summed E-state index contributed by atoms with van der Waals surface area (Å²) in [7, 11) is 1.97. The van der Waals surface area contributed by atoms with Crippen molar-refractivity contribution in [3.05, 3.63) is 41.7 Å². The number of hydrogen-bond acceptors (Lipinski definition) is 6. The van der Waals surface area contributed by atoms with Gasteiger partial charge in [-0.05, 0) is 30.3 Å². The average molecular weight is 316 g/mol. The summed E-state index contributed by atoms with van der Waals surface area (Å²) < 4.78 is 0. The summed E-state index contributed by atoms with van der Waals surface area (Å²) in [4.78, 5) is 6.11. The van der Waals surface area contributed by atoms with Crippen molar-refractivity contribution in [2.75, 3.05) is 20.1 Å². The maximum absolute atomic E-state index is 9.84. The number of hydrogen-bond donors (Lipinski definition) is 1. The third-order valence-corrected chi connectivity index (χ3v) is 5.04. The smallest absolute Gasteiger partial charge is 0.189 e. The predicted molar refractivity (Wildman–Crippen MR) is 86.5 cm³/mol. The summed E-state index contributed by atoms with van der Waals surface area (Å²) in [6.45, 7) is 1.35. The lowest BCUT2D eigenvalue weighted by Crippen LogP contribution is -2.52. The van der Waals surface area contributed by atoms with Crippen molar-refractivity contribution in [2.45, 2.75) is 5.92 Å². The summed E-state index contributed by atoms with van der Waals surface area (Å²) in [5.74, 6) is -1.44. The van der Waals surface area contributed by atoms with E-state index < -0.39 is 17.3 Å². The van der Waals surface area contributed by atoms with Crippen LogP contribution in [0.2, 0.25) is 0 Å². The van der Waals surface area contributed by atoms with Crippen LogP contribution in [-0.4, -0.2) is 35.7 Å². The molecule has 1 aromatic rings. The van der Waals surface area contributed by atoms with E-state index in [4.69, 9.17) is 5.41 Å². The molecule has 1 aliphatic carbocycles. The molecule has 1 unspecified atom stereocenters. The lowest BCUT2D eigenvalue weighted by molar-refractivity contribution is 0.235. The standard InChI is InChI=1S/C18H16N6/c1-24-7-4-13-14(8-19)17(22)18(10-20,11-21)16(15(13)9-24)12-2-5-23-6-3-12/h2-6,14-16,22H,7,9H2,1H3/t14?,15-,16+/m1/s1. The number of pyridine rings is 1. The van der Waals surface area contributed by atoms with Crippen molar-refractivity contribution in [1.82, 2.24) is 9.88 Å². The number of rotatable bonds is 1. The summed E-state index contributed by atoms with van der Waals surface area (Å²) in [6, 6.07) is 9.87. The molecule has 6 heteroatoms. The van der Waals surface area contributed by atoms with Gasteiger partial charge in [-0.3, -0.25) is 4.98 Å². The van der Waals surface area contributed by atoms with E-state index in [1.807, 2.05) is 13.1 Å². The zero-order chi connectivity index (χ0) is 17.3. The van der Waals surface area contributed by atoms with Crippen LogP contribution >= 0.6 is 0 Å². The highest BCUT2D eigenvalue weighted by molar-refractivity contribution is 6.00. The molecule has 1 fully saturated rings. The van der Waals surface area contributed by atoms with Gasteiger partial charge in [-0.2, -0.15) is 15.8 Å². The van der Waals surface area contributed by atoms with Crippen LogP contribution in [0.4, 0.5) is 0 Å². The van der Waals surface area contributed by atoms with Crippen LogP contribution < -0.4 is 0 Å². The van der Waals surface area contributed by atoms with E-state index in [1.165, 1.54) is 0 Å². The van der Waals surface area contributed by atoms with Gasteiger partial charge in [-0.15, -0.1) is 0 Å². The second-order valence-electron chi connectivity index (χ2n) is 6.30. The van der Waals surface area contributed by atoms with Gasteiger partial charge in [0, 0.05) is 37.3 Å². The first kappa shape index (κ1) is 15.9. The minimum absolute atomic E-state index is 0.108. The van der Waals surface area contributed by atoms with Crippen LogP contribution in [0.15, 0.2) is 36.2 Å². The van der Waals surface area contributed by atoms with Crippen molar-refractivity contribution in [3.8, 4) is 18.2 Å². The monoisotopic (exact) mass is 316 g/mol. The Morgan fingerprint density at radius 2 is 1.92 bits per heavy atom. The Balaban J connectivity index is 2.26. The van der Waals surface area contributed by atoms with E-state index >= 15 is 0 Å². The molecule has 24 heavy (non-hydrogen) atoms. The highest BCUT2D eigenvalue weighted by atomic mass is 15.1. The van der Waals surface area contributed by atoms with Crippen molar-refractivity contribution in [1.29, 1.82) is 21.2 Å². The quantitative estimate of drug-likeness (QED) is 0.795. The number of fused-ring (bicyclic) bond motifs is 1. The van der Waals surface area contributed by atoms with Gasteiger partial charge in [-0.25, -0.2) is 0 Å². The van der Waals surface area contributed by atoms with Crippen LogP contribution in [0.25, 0.3) is 0 Å². The molecule has 0 saturated heterocycles. The molecule has 3 atom stereocenters. The van der Waals surface area contributed by atoms with Crippen molar-refractivity contribution < 1.29 is 0 Å². The van der Waals surface area contributed by atoms with E-state index in [9.17, 15) is 15.8 Å². The van der Waals surface area contributed by atoms with Gasteiger partial charge in [-0.1, -0.05) is 6.08 Å². The fourth-order valence-electron chi connectivity index (χ4n) is 3.90. The van der Waals surface area contributed by atoms with E-state index in [0.29, 0.717) is 13.1 Å². The molecular weight excluding hydrogens is 300 g/mol. The second kappa shape index (κ2) is 5.89. The van der Waals surface area contributed by atoms with Crippen LogP contribution in [-0.2, 0) is 0 Å². The molecule has 3 rings (SSSR count). The predicted octanol–water partition coefficient (Wildman–Crippen LogP) is 1.86. The summed E-state index contributed by atoms with van der Waals surface area (Å²) >= 11 is 0. The van der Waals surface area contributed by atoms with Crippen molar-refractivity contribution in [2.24, 2.45) is 17.3 Å². The van der Waals surface area contributed by atoms with Gasteiger partial charge in [0.1, 0.15) is 5.92 Å². The Hall–Kier alpha value is -3.01. The molecular formula is C18H16N6. The summed E-state index contributed by atoms with van der Waals surface area (Å²) in [5.41, 5.74) is -0.0742. The minimum Gasteiger partial charge on any atom is -0.305 e. The highest BCUT2D eigenvalue weighted by Gasteiger charge is 2.57. The number of aromatic nitrogens is 1. The van der Waals surface area contributed by atoms with Crippen molar-refractivity contribution in [3.63, 3.8) is 0 Å². The first-order chi connectivity index (χ1) is 11.6. The molecule has 0 amide bonds. The first-order valence-corrected chi connectivity index (χ1v) is 7.68. The Morgan fingerprint density at radius 3 is 2.50 bits per heavy atom. The van der Waals surface area contributed by atoms with Crippen LogP contribution in [0.1, 0.15) is 11.5 Å². The molecule has 1 N–H and O–H groups in total. The molecule has 0 spiro atoms. The van der Waals surface area contributed by atoms with Crippen LogP contribution in [0.5, 0.6) is 0 Å².